The topological polar surface area (TPSA) is 95.1 Å². The van der Waals surface area contributed by atoms with E-state index >= 15 is 0 Å². The van der Waals surface area contributed by atoms with Gasteiger partial charge in [-0.3, -0.25) is 4.79 Å². The first kappa shape index (κ1) is 14.7. The van der Waals surface area contributed by atoms with E-state index in [1.54, 1.807) is 26.0 Å². The number of aromatic amines is 1. The van der Waals surface area contributed by atoms with E-state index in [4.69, 9.17) is 5.11 Å². The van der Waals surface area contributed by atoms with Crippen LogP contribution in [0.2, 0.25) is 0 Å². The molecule has 0 aliphatic carbocycles. The van der Waals surface area contributed by atoms with Gasteiger partial charge in [0.2, 0.25) is 0 Å². The van der Waals surface area contributed by atoms with Crippen LogP contribution in [0.25, 0.3) is 0 Å². The Morgan fingerprint density at radius 3 is 2.52 bits per heavy atom. The molecule has 1 amide bonds. The van der Waals surface area contributed by atoms with Crippen molar-refractivity contribution >= 4 is 11.9 Å². The van der Waals surface area contributed by atoms with Gasteiger partial charge in [0.25, 0.3) is 5.91 Å². The molecule has 0 fully saturated rings. The number of carboxylic acid groups (broad SMARTS) is 1. The van der Waals surface area contributed by atoms with E-state index in [0.29, 0.717) is 11.1 Å². The van der Waals surface area contributed by atoms with Crippen LogP contribution >= 0.6 is 0 Å². The second kappa shape index (κ2) is 5.74. The average Bonchev–Trinajstić information content (AvgIpc) is 2.91. The molecule has 6 nitrogen and oxygen atoms in total. The molecule has 1 aromatic heterocycles. The predicted molar refractivity (Wildman–Crippen MR) is 72.6 cm³/mol. The Morgan fingerprint density at radius 2 is 1.95 bits per heavy atom. The van der Waals surface area contributed by atoms with Crippen LogP contribution in [0.3, 0.4) is 0 Å². The zero-order valence-corrected chi connectivity index (χ0v) is 11.5. The normalized spacial score (nSPS) is 10.4. The van der Waals surface area contributed by atoms with E-state index in [9.17, 15) is 14.0 Å². The van der Waals surface area contributed by atoms with Crippen molar-refractivity contribution in [3.8, 4) is 0 Å². The van der Waals surface area contributed by atoms with Crippen molar-refractivity contribution in [3.05, 3.63) is 52.4 Å². The number of carbonyl (C=O) groups excluding carboxylic acids is 1. The van der Waals surface area contributed by atoms with E-state index in [2.05, 4.69) is 15.3 Å². The van der Waals surface area contributed by atoms with Crippen molar-refractivity contribution in [2.24, 2.45) is 0 Å². The molecule has 0 saturated heterocycles. The van der Waals surface area contributed by atoms with Gasteiger partial charge >= 0.3 is 5.97 Å². The van der Waals surface area contributed by atoms with Gasteiger partial charge in [-0.15, -0.1) is 0 Å². The number of benzene rings is 1. The Hall–Kier alpha value is -2.70. The zero-order valence-electron chi connectivity index (χ0n) is 11.5. The van der Waals surface area contributed by atoms with Gasteiger partial charge < -0.3 is 15.4 Å². The van der Waals surface area contributed by atoms with Gasteiger partial charge in [0.1, 0.15) is 5.82 Å². The lowest BCUT2D eigenvalue weighted by Gasteiger charge is -2.08. The van der Waals surface area contributed by atoms with Gasteiger partial charge in [-0.25, -0.2) is 14.2 Å². The van der Waals surface area contributed by atoms with Crippen molar-refractivity contribution in [1.82, 2.24) is 15.3 Å². The standard InChI is InChI=1S/C14H14FN3O3/c1-7-3-9(4-8(2)10(7)15)5-16-13(19)11-12(14(20)21)18-6-17-11/h3-4,6H,5H2,1-2H3,(H,16,19)(H,17,18)(H,20,21). The molecule has 0 spiro atoms. The fraction of sp³-hybridized carbons (Fsp3) is 0.214. The molecule has 110 valence electrons. The second-order valence-electron chi connectivity index (χ2n) is 4.66. The summed E-state index contributed by atoms with van der Waals surface area (Å²) < 4.78 is 13.5. The van der Waals surface area contributed by atoms with Crippen LogP contribution < -0.4 is 5.32 Å². The molecular weight excluding hydrogens is 277 g/mol. The number of aryl methyl sites for hydroxylation is 2. The highest BCUT2D eigenvalue weighted by atomic mass is 19.1. The summed E-state index contributed by atoms with van der Waals surface area (Å²) in [7, 11) is 0. The number of aromatic nitrogens is 2. The monoisotopic (exact) mass is 291 g/mol. The van der Waals surface area contributed by atoms with Crippen molar-refractivity contribution in [2.75, 3.05) is 0 Å². The van der Waals surface area contributed by atoms with Crippen LogP contribution in [-0.2, 0) is 6.54 Å². The maximum absolute atomic E-state index is 13.5. The zero-order chi connectivity index (χ0) is 15.6. The lowest BCUT2D eigenvalue weighted by molar-refractivity contribution is 0.0685. The van der Waals surface area contributed by atoms with Crippen LogP contribution in [0, 0.1) is 19.7 Å². The molecule has 0 bridgehead atoms. The maximum atomic E-state index is 13.5. The van der Waals surface area contributed by atoms with Crippen molar-refractivity contribution < 1.29 is 19.1 Å². The minimum atomic E-state index is -1.26. The number of halogens is 1. The molecule has 1 heterocycles. The summed E-state index contributed by atoms with van der Waals surface area (Å²) in [6.07, 6.45) is 1.14. The molecule has 0 aliphatic rings. The summed E-state index contributed by atoms with van der Waals surface area (Å²) in [6.45, 7) is 3.44. The number of H-pyrrole nitrogens is 1. The summed E-state index contributed by atoms with van der Waals surface area (Å²) >= 11 is 0. The highest BCUT2D eigenvalue weighted by Crippen LogP contribution is 2.14. The van der Waals surface area contributed by atoms with Crippen molar-refractivity contribution in [1.29, 1.82) is 0 Å². The van der Waals surface area contributed by atoms with E-state index in [0.717, 1.165) is 11.9 Å². The molecule has 0 aliphatic heterocycles. The average molecular weight is 291 g/mol. The fourth-order valence-corrected chi connectivity index (χ4v) is 2.03. The molecule has 0 saturated carbocycles. The van der Waals surface area contributed by atoms with E-state index < -0.39 is 11.9 Å². The molecule has 2 aromatic rings. The number of aromatic carboxylic acids is 1. The summed E-state index contributed by atoms with van der Waals surface area (Å²) in [5.74, 6) is -2.13. The van der Waals surface area contributed by atoms with Gasteiger partial charge in [0.15, 0.2) is 11.4 Å². The number of hydrogen-bond donors (Lipinski definition) is 3. The Labute approximate surface area is 120 Å². The summed E-state index contributed by atoms with van der Waals surface area (Å²) in [4.78, 5) is 28.9. The Kier molecular flexibility index (Phi) is 4.02. The minimum absolute atomic E-state index is 0.159. The molecular formula is C14H14FN3O3. The molecule has 3 N–H and O–H groups in total. The van der Waals surface area contributed by atoms with Crippen LogP contribution in [0.1, 0.15) is 37.7 Å². The van der Waals surface area contributed by atoms with E-state index in [1.165, 1.54) is 0 Å². The molecule has 0 unspecified atom stereocenters. The number of carboxylic acids is 1. The van der Waals surface area contributed by atoms with Gasteiger partial charge in [0, 0.05) is 6.54 Å². The molecule has 2 rings (SSSR count). The van der Waals surface area contributed by atoms with E-state index in [-0.39, 0.29) is 23.7 Å². The van der Waals surface area contributed by atoms with Gasteiger partial charge in [0.05, 0.1) is 6.33 Å². The Bertz CT molecular complexity index is 686. The summed E-state index contributed by atoms with van der Waals surface area (Å²) in [5, 5.41) is 11.5. The number of nitrogens with zero attached hydrogens (tertiary/aromatic N) is 1. The smallest absolute Gasteiger partial charge is 0.354 e. The molecule has 7 heteroatoms. The molecule has 0 radical (unpaired) electrons. The summed E-state index contributed by atoms with van der Waals surface area (Å²) in [6, 6.07) is 3.26. The number of hydrogen-bond acceptors (Lipinski definition) is 3. The highest BCUT2D eigenvalue weighted by molar-refractivity contribution is 6.02. The number of rotatable bonds is 4. The Balaban J connectivity index is 2.11. The van der Waals surface area contributed by atoms with Crippen LogP contribution in [-0.4, -0.2) is 27.0 Å². The third-order valence-electron chi connectivity index (χ3n) is 3.02. The third-order valence-corrected chi connectivity index (χ3v) is 3.02. The van der Waals surface area contributed by atoms with Gasteiger partial charge in [-0.05, 0) is 30.5 Å². The highest BCUT2D eigenvalue weighted by Gasteiger charge is 2.19. The first-order valence-corrected chi connectivity index (χ1v) is 6.20. The fourth-order valence-electron chi connectivity index (χ4n) is 2.03. The number of imidazole rings is 1. The number of amides is 1. The minimum Gasteiger partial charge on any atom is -0.477 e. The van der Waals surface area contributed by atoms with Crippen LogP contribution in [0.15, 0.2) is 18.5 Å². The van der Waals surface area contributed by atoms with Crippen molar-refractivity contribution in [3.63, 3.8) is 0 Å². The first-order chi connectivity index (χ1) is 9.90. The van der Waals surface area contributed by atoms with Crippen LogP contribution in [0.4, 0.5) is 4.39 Å². The SMILES string of the molecule is Cc1cc(CNC(=O)c2nc[nH]c2C(=O)O)cc(C)c1F. The van der Waals surface area contributed by atoms with Gasteiger partial charge in [-0.2, -0.15) is 0 Å². The first-order valence-electron chi connectivity index (χ1n) is 6.20. The largest absolute Gasteiger partial charge is 0.477 e. The third kappa shape index (κ3) is 3.07. The molecule has 1 aromatic carbocycles. The van der Waals surface area contributed by atoms with Gasteiger partial charge in [-0.1, -0.05) is 12.1 Å². The number of carbonyl (C=O) groups is 2. The maximum Gasteiger partial charge on any atom is 0.354 e. The molecule has 0 atom stereocenters. The predicted octanol–water partition coefficient (Wildman–Crippen LogP) is 1.79. The lowest BCUT2D eigenvalue weighted by atomic mass is 10.1. The van der Waals surface area contributed by atoms with E-state index in [1.807, 2.05) is 0 Å². The Morgan fingerprint density at radius 1 is 1.33 bits per heavy atom. The lowest BCUT2D eigenvalue weighted by Crippen LogP contribution is -2.25. The van der Waals surface area contributed by atoms with Crippen LogP contribution in [0.5, 0.6) is 0 Å². The second-order valence-corrected chi connectivity index (χ2v) is 4.66. The summed E-state index contributed by atoms with van der Waals surface area (Å²) in [5.41, 5.74) is 1.26. The molecule has 21 heavy (non-hydrogen) atoms. The number of nitrogens with one attached hydrogen (secondary N) is 2. The van der Waals surface area contributed by atoms with Crippen molar-refractivity contribution in [2.45, 2.75) is 20.4 Å². The quantitative estimate of drug-likeness (QED) is 0.800.